The van der Waals surface area contributed by atoms with Crippen LogP contribution in [0.4, 0.5) is 5.82 Å². The Bertz CT molecular complexity index is 1020. The minimum Gasteiger partial charge on any atom is -0.497 e. The highest BCUT2D eigenvalue weighted by Crippen LogP contribution is 2.35. The van der Waals surface area contributed by atoms with Gasteiger partial charge in [-0.3, -0.25) is 4.90 Å². The van der Waals surface area contributed by atoms with Gasteiger partial charge in [0.2, 0.25) is 0 Å². The zero-order valence-electron chi connectivity index (χ0n) is 18.2. The minimum atomic E-state index is 0.633. The minimum absolute atomic E-state index is 0.633. The number of aromatic nitrogens is 2. The summed E-state index contributed by atoms with van der Waals surface area (Å²) in [5.74, 6) is 3.47. The second-order valence-corrected chi connectivity index (χ2v) is 7.23. The molecule has 8 nitrogen and oxygen atoms in total. The molecule has 0 saturated carbocycles. The number of nitrogens with zero attached hydrogens (tertiary/aromatic N) is 3. The van der Waals surface area contributed by atoms with Gasteiger partial charge in [0.05, 0.1) is 40.1 Å². The third kappa shape index (κ3) is 4.81. The summed E-state index contributed by atoms with van der Waals surface area (Å²) in [6.07, 6.45) is 0. The Morgan fingerprint density at radius 1 is 0.935 bits per heavy atom. The Morgan fingerprint density at radius 2 is 1.65 bits per heavy atom. The van der Waals surface area contributed by atoms with Crippen molar-refractivity contribution in [1.82, 2.24) is 14.9 Å². The highest BCUT2D eigenvalue weighted by Gasteiger charge is 2.15. The van der Waals surface area contributed by atoms with Crippen LogP contribution in [0.5, 0.6) is 17.2 Å². The largest absolute Gasteiger partial charge is 0.497 e. The van der Waals surface area contributed by atoms with E-state index in [1.54, 1.807) is 21.3 Å². The number of ether oxygens (including phenoxy) is 4. The van der Waals surface area contributed by atoms with Crippen LogP contribution in [0.3, 0.4) is 0 Å². The Hall–Kier alpha value is -3.10. The lowest BCUT2D eigenvalue weighted by atomic mass is 10.1. The lowest BCUT2D eigenvalue weighted by Gasteiger charge is -2.26. The van der Waals surface area contributed by atoms with Gasteiger partial charge in [0.15, 0.2) is 17.3 Å². The van der Waals surface area contributed by atoms with E-state index < -0.39 is 0 Å². The van der Waals surface area contributed by atoms with Crippen LogP contribution in [0.15, 0.2) is 36.4 Å². The van der Waals surface area contributed by atoms with E-state index in [-0.39, 0.29) is 0 Å². The van der Waals surface area contributed by atoms with Crippen molar-refractivity contribution in [2.24, 2.45) is 0 Å². The van der Waals surface area contributed by atoms with Crippen molar-refractivity contribution < 1.29 is 18.9 Å². The molecule has 1 aliphatic rings. The first-order valence-electron chi connectivity index (χ1n) is 10.3. The van der Waals surface area contributed by atoms with Crippen molar-refractivity contribution in [3.8, 4) is 28.6 Å². The van der Waals surface area contributed by atoms with Gasteiger partial charge in [0.1, 0.15) is 11.6 Å². The van der Waals surface area contributed by atoms with E-state index in [1.807, 2.05) is 36.4 Å². The van der Waals surface area contributed by atoms with Crippen molar-refractivity contribution in [2.45, 2.75) is 0 Å². The molecule has 3 aromatic rings. The van der Waals surface area contributed by atoms with Crippen LogP contribution in [0.2, 0.25) is 0 Å². The van der Waals surface area contributed by atoms with Gasteiger partial charge in [0, 0.05) is 43.2 Å². The van der Waals surface area contributed by atoms with Gasteiger partial charge in [-0.15, -0.1) is 0 Å². The SMILES string of the molecule is COc1ccc(-c2nc(NCCN3CCOCC3)c3cc(OC)c(OC)cc3n2)cc1. The summed E-state index contributed by atoms with van der Waals surface area (Å²) in [4.78, 5) is 12.0. The molecular formula is C23H28N4O4. The molecule has 1 N–H and O–H groups in total. The fraction of sp³-hybridized carbons (Fsp3) is 0.391. The van der Waals surface area contributed by atoms with Crippen molar-refractivity contribution in [1.29, 1.82) is 0 Å². The van der Waals surface area contributed by atoms with E-state index >= 15 is 0 Å². The topological polar surface area (TPSA) is 78.0 Å². The molecule has 2 aromatic carbocycles. The van der Waals surface area contributed by atoms with Crippen LogP contribution in [-0.2, 0) is 4.74 Å². The third-order valence-electron chi connectivity index (χ3n) is 5.37. The fourth-order valence-electron chi connectivity index (χ4n) is 3.62. The number of morpholine rings is 1. The Kier molecular flexibility index (Phi) is 6.69. The Morgan fingerprint density at radius 3 is 2.32 bits per heavy atom. The average molecular weight is 425 g/mol. The lowest BCUT2D eigenvalue weighted by Crippen LogP contribution is -2.39. The van der Waals surface area contributed by atoms with E-state index in [9.17, 15) is 0 Å². The van der Waals surface area contributed by atoms with E-state index in [1.165, 1.54) is 0 Å². The summed E-state index contributed by atoms with van der Waals surface area (Å²) in [5, 5.41) is 4.39. The lowest BCUT2D eigenvalue weighted by molar-refractivity contribution is 0.0398. The van der Waals surface area contributed by atoms with E-state index in [2.05, 4.69) is 10.2 Å². The number of benzene rings is 2. The first-order valence-corrected chi connectivity index (χ1v) is 10.3. The molecule has 0 aliphatic carbocycles. The summed E-state index contributed by atoms with van der Waals surface area (Å²) < 4.78 is 21.7. The first-order chi connectivity index (χ1) is 15.2. The maximum atomic E-state index is 5.50. The number of anilines is 1. The molecule has 4 rings (SSSR count). The molecule has 0 atom stereocenters. The standard InChI is InChI=1S/C23H28N4O4/c1-28-17-6-4-16(5-7-17)22-25-19-15-21(30-3)20(29-2)14-18(19)23(26-22)24-8-9-27-10-12-31-13-11-27/h4-7,14-15H,8-13H2,1-3H3,(H,24,25,26). The molecule has 0 unspecified atom stereocenters. The molecule has 31 heavy (non-hydrogen) atoms. The van der Waals surface area contributed by atoms with E-state index in [0.29, 0.717) is 17.3 Å². The van der Waals surface area contributed by atoms with E-state index in [0.717, 1.165) is 67.4 Å². The molecule has 0 bridgehead atoms. The average Bonchev–Trinajstić information content (AvgIpc) is 2.83. The molecule has 8 heteroatoms. The monoisotopic (exact) mass is 424 g/mol. The number of rotatable bonds is 8. The normalized spacial score (nSPS) is 14.4. The highest BCUT2D eigenvalue weighted by atomic mass is 16.5. The molecule has 1 fully saturated rings. The first kappa shape index (κ1) is 21.1. The smallest absolute Gasteiger partial charge is 0.162 e. The molecule has 1 aromatic heterocycles. The molecule has 0 radical (unpaired) electrons. The van der Waals surface area contributed by atoms with Crippen LogP contribution in [0, 0.1) is 0 Å². The van der Waals surface area contributed by atoms with Crippen molar-refractivity contribution in [2.75, 3.05) is 66.0 Å². The maximum Gasteiger partial charge on any atom is 0.162 e. The third-order valence-corrected chi connectivity index (χ3v) is 5.37. The van der Waals surface area contributed by atoms with Crippen LogP contribution in [0.25, 0.3) is 22.3 Å². The molecule has 1 saturated heterocycles. The van der Waals surface area contributed by atoms with Gasteiger partial charge in [-0.25, -0.2) is 9.97 Å². The van der Waals surface area contributed by atoms with Gasteiger partial charge in [-0.1, -0.05) is 0 Å². The summed E-state index contributed by atoms with van der Waals surface area (Å²) in [6.45, 7) is 5.16. The molecule has 0 spiro atoms. The number of methoxy groups -OCH3 is 3. The van der Waals surface area contributed by atoms with Gasteiger partial charge in [0.25, 0.3) is 0 Å². The van der Waals surface area contributed by atoms with Gasteiger partial charge in [-0.05, 0) is 30.3 Å². The second-order valence-electron chi connectivity index (χ2n) is 7.23. The molecule has 164 valence electrons. The van der Waals surface area contributed by atoms with Crippen LogP contribution in [-0.4, -0.2) is 75.6 Å². The number of hydrogen-bond donors (Lipinski definition) is 1. The zero-order chi connectivity index (χ0) is 21.6. The summed E-state index contributed by atoms with van der Waals surface area (Å²) in [5.41, 5.74) is 1.70. The molecule has 1 aliphatic heterocycles. The highest BCUT2D eigenvalue weighted by molar-refractivity contribution is 5.93. The number of hydrogen-bond acceptors (Lipinski definition) is 8. The fourth-order valence-corrected chi connectivity index (χ4v) is 3.62. The summed E-state index contributed by atoms with van der Waals surface area (Å²) in [7, 11) is 4.90. The quantitative estimate of drug-likeness (QED) is 0.591. The van der Waals surface area contributed by atoms with E-state index in [4.69, 9.17) is 28.9 Å². The predicted molar refractivity (Wildman–Crippen MR) is 120 cm³/mol. The van der Waals surface area contributed by atoms with Crippen LogP contribution in [0.1, 0.15) is 0 Å². The molecular weight excluding hydrogens is 396 g/mol. The predicted octanol–water partition coefficient (Wildman–Crippen LogP) is 3.07. The zero-order valence-corrected chi connectivity index (χ0v) is 18.2. The Balaban J connectivity index is 1.68. The maximum absolute atomic E-state index is 5.50. The summed E-state index contributed by atoms with van der Waals surface area (Å²) in [6, 6.07) is 11.5. The molecule has 0 amide bonds. The van der Waals surface area contributed by atoms with Gasteiger partial charge < -0.3 is 24.3 Å². The number of fused-ring (bicyclic) bond motifs is 1. The van der Waals surface area contributed by atoms with Crippen molar-refractivity contribution in [3.05, 3.63) is 36.4 Å². The van der Waals surface area contributed by atoms with Gasteiger partial charge in [-0.2, -0.15) is 0 Å². The van der Waals surface area contributed by atoms with Crippen molar-refractivity contribution >= 4 is 16.7 Å². The Labute approximate surface area is 182 Å². The van der Waals surface area contributed by atoms with Gasteiger partial charge >= 0.3 is 0 Å². The second kappa shape index (κ2) is 9.80. The van der Waals surface area contributed by atoms with Crippen LogP contribution < -0.4 is 19.5 Å². The summed E-state index contributed by atoms with van der Waals surface area (Å²) >= 11 is 0. The van der Waals surface area contributed by atoms with Crippen LogP contribution >= 0.6 is 0 Å². The molecule has 2 heterocycles. The number of nitrogens with one attached hydrogen (secondary N) is 1. The van der Waals surface area contributed by atoms with Crippen molar-refractivity contribution in [3.63, 3.8) is 0 Å².